The van der Waals surface area contributed by atoms with Crippen molar-refractivity contribution >= 4 is 28.3 Å². The molecule has 0 aliphatic carbocycles. The average Bonchev–Trinajstić information content (AvgIpc) is 2.55. The molecule has 4 nitrogen and oxygen atoms in total. The van der Waals surface area contributed by atoms with Crippen molar-refractivity contribution in [3.63, 3.8) is 0 Å². The molecule has 3 aromatic rings. The van der Waals surface area contributed by atoms with Gasteiger partial charge in [-0.05, 0) is 42.7 Å². The van der Waals surface area contributed by atoms with Crippen LogP contribution in [0.2, 0.25) is 0 Å². The van der Waals surface area contributed by atoms with Crippen molar-refractivity contribution in [1.29, 1.82) is 0 Å². The highest BCUT2D eigenvalue weighted by Crippen LogP contribution is 2.23. The maximum Gasteiger partial charge on any atom is 0.323 e. The molecule has 0 bridgehead atoms. The van der Waals surface area contributed by atoms with Gasteiger partial charge >= 0.3 is 6.03 Å². The molecule has 2 amide bonds. The van der Waals surface area contributed by atoms with Crippen LogP contribution in [0.4, 0.5) is 16.2 Å². The maximum atomic E-state index is 12.3. The summed E-state index contributed by atoms with van der Waals surface area (Å²) in [5.74, 6) is 0.471. The van der Waals surface area contributed by atoms with E-state index in [0.29, 0.717) is 5.92 Å². The Balaban J connectivity index is 1.78. The van der Waals surface area contributed by atoms with Gasteiger partial charge < -0.3 is 10.6 Å². The molecule has 24 heavy (non-hydrogen) atoms. The van der Waals surface area contributed by atoms with Crippen LogP contribution in [0.1, 0.15) is 31.0 Å². The maximum absolute atomic E-state index is 12.3. The third kappa shape index (κ3) is 3.54. The number of hydrogen-bond acceptors (Lipinski definition) is 2. The lowest BCUT2D eigenvalue weighted by Gasteiger charge is -2.12. The first-order chi connectivity index (χ1) is 11.5. The van der Waals surface area contributed by atoms with E-state index in [1.54, 1.807) is 0 Å². The summed E-state index contributed by atoms with van der Waals surface area (Å²) >= 11 is 0. The number of amides is 2. The lowest BCUT2D eigenvalue weighted by atomic mass is 10.0. The Kier molecular flexibility index (Phi) is 4.47. The largest absolute Gasteiger partial charge is 0.323 e. The van der Waals surface area contributed by atoms with Crippen LogP contribution in [-0.4, -0.2) is 11.0 Å². The molecule has 2 aromatic carbocycles. The molecule has 3 rings (SSSR count). The minimum atomic E-state index is -0.261. The van der Waals surface area contributed by atoms with Gasteiger partial charge in [0.1, 0.15) is 0 Å². The molecule has 0 saturated carbocycles. The fourth-order valence-electron chi connectivity index (χ4n) is 2.65. The van der Waals surface area contributed by atoms with Crippen LogP contribution in [0.15, 0.2) is 54.6 Å². The van der Waals surface area contributed by atoms with Crippen molar-refractivity contribution in [3.05, 3.63) is 65.9 Å². The van der Waals surface area contributed by atoms with Crippen LogP contribution < -0.4 is 10.6 Å². The Hall–Kier alpha value is -2.88. The molecule has 0 atom stereocenters. The number of para-hydroxylation sites is 1. The molecule has 0 aliphatic heterocycles. The minimum Gasteiger partial charge on any atom is -0.308 e. The van der Waals surface area contributed by atoms with Gasteiger partial charge in [0.05, 0.1) is 11.2 Å². The summed E-state index contributed by atoms with van der Waals surface area (Å²) in [5, 5.41) is 6.72. The Morgan fingerprint density at radius 3 is 2.42 bits per heavy atom. The number of nitrogens with zero attached hydrogens (tertiary/aromatic N) is 1. The van der Waals surface area contributed by atoms with Crippen molar-refractivity contribution in [3.8, 4) is 0 Å². The van der Waals surface area contributed by atoms with Crippen molar-refractivity contribution in [2.24, 2.45) is 0 Å². The fraction of sp³-hybridized carbons (Fsp3) is 0.200. The number of urea groups is 1. The van der Waals surface area contributed by atoms with Crippen LogP contribution in [-0.2, 0) is 0 Å². The third-order valence-electron chi connectivity index (χ3n) is 3.93. The van der Waals surface area contributed by atoms with Crippen molar-refractivity contribution in [2.45, 2.75) is 26.7 Å². The van der Waals surface area contributed by atoms with Crippen molar-refractivity contribution in [2.75, 3.05) is 10.6 Å². The number of fused-ring (bicyclic) bond motifs is 1. The van der Waals surface area contributed by atoms with Gasteiger partial charge in [0.2, 0.25) is 0 Å². The number of carbonyl (C=O) groups excluding carboxylic acids is 1. The summed E-state index contributed by atoms with van der Waals surface area (Å²) in [7, 11) is 0. The summed E-state index contributed by atoms with van der Waals surface area (Å²) < 4.78 is 0. The van der Waals surface area contributed by atoms with Crippen LogP contribution in [0.5, 0.6) is 0 Å². The van der Waals surface area contributed by atoms with Gasteiger partial charge in [-0.15, -0.1) is 0 Å². The molecule has 1 heterocycles. The zero-order chi connectivity index (χ0) is 17.1. The number of hydrogen-bond donors (Lipinski definition) is 2. The van der Waals surface area contributed by atoms with E-state index in [1.807, 2.05) is 61.5 Å². The molecule has 1 aromatic heterocycles. The second-order valence-corrected chi connectivity index (χ2v) is 6.18. The minimum absolute atomic E-state index is 0.261. The summed E-state index contributed by atoms with van der Waals surface area (Å²) in [6.45, 7) is 6.21. The highest BCUT2D eigenvalue weighted by molar-refractivity contribution is 6.05. The van der Waals surface area contributed by atoms with E-state index in [-0.39, 0.29) is 6.03 Å². The number of aromatic nitrogens is 1. The summed E-state index contributed by atoms with van der Waals surface area (Å²) in [6, 6.07) is 17.3. The highest BCUT2D eigenvalue weighted by Gasteiger charge is 2.08. The molecule has 0 radical (unpaired) electrons. The monoisotopic (exact) mass is 319 g/mol. The Morgan fingerprint density at radius 1 is 1.00 bits per heavy atom. The number of benzene rings is 2. The fourth-order valence-corrected chi connectivity index (χ4v) is 2.65. The van der Waals surface area contributed by atoms with E-state index in [4.69, 9.17) is 0 Å². The SMILES string of the molecule is Cc1cc(NC(=O)Nc2ccc(C(C)C)cc2)c2ccccc2n1. The van der Waals surface area contributed by atoms with Gasteiger partial charge in [-0.3, -0.25) is 4.98 Å². The normalized spacial score (nSPS) is 10.8. The first-order valence-electron chi connectivity index (χ1n) is 8.07. The zero-order valence-corrected chi connectivity index (χ0v) is 14.1. The van der Waals surface area contributed by atoms with E-state index in [0.717, 1.165) is 28.0 Å². The molecular weight excluding hydrogens is 298 g/mol. The van der Waals surface area contributed by atoms with Gasteiger partial charge in [0.15, 0.2) is 0 Å². The average molecular weight is 319 g/mol. The molecule has 2 N–H and O–H groups in total. The number of aryl methyl sites for hydroxylation is 1. The van der Waals surface area contributed by atoms with Crippen LogP contribution in [0.3, 0.4) is 0 Å². The molecule has 0 fully saturated rings. The number of carbonyl (C=O) groups is 1. The van der Waals surface area contributed by atoms with E-state index >= 15 is 0 Å². The zero-order valence-electron chi connectivity index (χ0n) is 14.1. The van der Waals surface area contributed by atoms with E-state index < -0.39 is 0 Å². The number of pyridine rings is 1. The van der Waals surface area contributed by atoms with E-state index in [1.165, 1.54) is 5.56 Å². The predicted octanol–water partition coefficient (Wildman–Crippen LogP) is 5.31. The van der Waals surface area contributed by atoms with Crippen molar-refractivity contribution < 1.29 is 4.79 Å². The smallest absolute Gasteiger partial charge is 0.308 e. The second-order valence-electron chi connectivity index (χ2n) is 6.18. The topological polar surface area (TPSA) is 54.0 Å². The Morgan fingerprint density at radius 2 is 1.71 bits per heavy atom. The second kappa shape index (κ2) is 6.71. The predicted molar refractivity (Wildman–Crippen MR) is 99.7 cm³/mol. The third-order valence-corrected chi connectivity index (χ3v) is 3.93. The summed E-state index contributed by atoms with van der Waals surface area (Å²) in [6.07, 6.45) is 0. The van der Waals surface area contributed by atoms with Crippen LogP contribution >= 0.6 is 0 Å². The lowest BCUT2D eigenvalue weighted by Crippen LogP contribution is -2.19. The first kappa shape index (κ1) is 16.0. The molecule has 4 heteroatoms. The van der Waals surface area contributed by atoms with Gasteiger partial charge in [-0.1, -0.05) is 44.2 Å². The molecule has 0 spiro atoms. The van der Waals surface area contributed by atoms with E-state index in [9.17, 15) is 4.79 Å². The van der Waals surface area contributed by atoms with E-state index in [2.05, 4.69) is 29.5 Å². The number of anilines is 2. The standard InChI is InChI=1S/C20H21N3O/c1-13(2)15-8-10-16(11-9-15)22-20(24)23-19-12-14(3)21-18-7-5-4-6-17(18)19/h4-13H,1-3H3,(H2,21,22,23,24). The summed E-state index contributed by atoms with van der Waals surface area (Å²) in [4.78, 5) is 16.8. The van der Waals surface area contributed by atoms with Gasteiger partial charge in [0.25, 0.3) is 0 Å². The van der Waals surface area contributed by atoms with Gasteiger partial charge in [-0.2, -0.15) is 0 Å². The Labute approximate surface area is 141 Å². The van der Waals surface area contributed by atoms with Crippen LogP contribution in [0, 0.1) is 6.92 Å². The number of nitrogens with one attached hydrogen (secondary N) is 2. The molecule has 0 aliphatic rings. The van der Waals surface area contributed by atoms with Crippen LogP contribution in [0.25, 0.3) is 10.9 Å². The summed E-state index contributed by atoms with van der Waals surface area (Å²) in [5.41, 5.74) is 4.51. The lowest BCUT2D eigenvalue weighted by molar-refractivity contribution is 0.262. The molecular formula is C20H21N3O. The molecule has 0 unspecified atom stereocenters. The number of rotatable bonds is 3. The van der Waals surface area contributed by atoms with Gasteiger partial charge in [-0.25, -0.2) is 4.79 Å². The molecule has 122 valence electrons. The molecule has 0 saturated heterocycles. The Bertz CT molecular complexity index is 870. The van der Waals surface area contributed by atoms with Gasteiger partial charge in [0, 0.05) is 16.8 Å². The quantitative estimate of drug-likeness (QED) is 0.687. The first-order valence-corrected chi connectivity index (χ1v) is 8.07. The van der Waals surface area contributed by atoms with Crippen molar-refractivity contribution in [1.82, 2.24) is 4.98 Å². The highest BCUT2D eigenvalue weighted by atomic mass is 16.2.